The Bertz CT molecular complexity index is 624. The third-order valence-corrected chi connectivity index (χ3v) is 4.86. The molecule has 0 bridgehead atoms. The fraction of sp³-hybridized carbons (Fsp3) is 0.619. The Balaban J connectivity index is 2.33. The average molecular weight is 361 g/mol. The van der Waals surface area contributed by atoms with E-state index in [1.807, 2.05) is 45.0 Å². The van der Waals surface area contributed by atoms with E-state index < -0.39 is 11.1 Å². The monoisotopic (exact) mass is 361 g/mol. The summed E-state index contributed by atoms with van der Waals surface area (Å²) in [6, 6.07) is 7.60. The summed E-state index contributed by atoms with van der Waals surface area (Å²) in [5, 5.41) is 0. The van der Waals surface area contributed by atoms with E-state index in [1.165, 1.54) is 6.92 Å². The highest BCUT2D eigenvalue weighted by molar-refractivity contribution is 5.87. The quantitative estimate of drug-likeness (QED) is 0.741. The first-order valence-electron chi connectivity index (χ1n) is 9.32. The van der Waals surface area contributed by atoms with Crippen molar-refractivity contribution in [2.45, 2.75) is 77.5 Å². The maximum absolute atomic E-state index is 13.1. The van der Waals surface area contributed by atoms with E-state index in [1.54, 1.807) is 12.0 Å². The predicted molar refractivity (Wildman–Crippen MR) is 101 cm³/mol. The van der Waals surface area contributed by atoms with Crippen molar-refractivity contribution in [1.82, 2.24) is 4.90 Å². The van der Waals surface area contributed by atoms with Gasteiger partial charge in [0.25, 0.3) is 0 Å². The van der Waals surface area contributed by atoms with Gasteiger partial charge in [0.1, 0.15) is 16.9 Å². The highest BCUT2D eigenvalue weighted by Crippen LogP contribution is 2.37. The van der Waals surface area contributed by atoms with Crippen molar-refractivity contribution in [3.8, 4) is 5.75 Å². The van der Waals surface area contributed by atoms with Gasteiger partial charge in [0.05, 0.1) is 7.11 Å². The summed E-state index contributed by atoms with van der Waals surface area (Å²) in [6.45, 7) is 7.51. The minimum absolute atomic E-state index is 0.103. The molecule has 0 spiro atoms. The zero-order valence-electron chi connectivity index (χ0n) is 16.6. The van der Waals surface area contributed by atoms with Gasteiger partial charge in [-0.2, -0.15) is 0 Å². The van der Waals surface area contributed by atoms with Crippen LogP contribution in [0.15, 0.2) is 24.3 Å². The molecule has 0 atom stereocenters. The maximum atomic E-state index is 13.1. The van der Waals surface area contributed by atoms with Gasteiger partial charge in [-0.05, 0) is 51.3 Å². The molecule has 1 aliphatic rings. The van der Waals surface area contributed by atoms with E-state index in [4.69, 9.17) is 9.47 Å². The van der Waals surface area contributed by atoms with Gasteiger partial charge in [-0.1, -0.05) is 31.4 Å². The Morgan fingerprint density at radius 3 is 2.12 bits per heavy atom. The van der Waals surface area contributed by atoms with Crippen molar-refractivity contribution in [2.24, 2.45) is 0 Å². The summed E-state index contributed by atoms with van der Waals surface area (Å²) in [5.41, 5.74) is -0.490. The third-order valence-electron chi connectivity index (χ3n) is 4.86. The molecule has 0 radical (unpaired) electrons. The van der Waals surface area contributed by atoms with Gasteiger partial charge in [0.2, 0.25) is 5.91 Å². The van der Waals surface area contributed by atoms with Crippen LogP contribution >= 0.6 is 0 Å². The second kappa shape index (κ2) is 8.11. The van der Waals surface area contributed by atoms with Gasteiger partial charge >= 0.3 is 5.97 Å². The van der Waals surface area contributed by atoms with E-state index in [9.17, 15) is 9.59 Å². The zero-order chi connectivity index (χ0) is 19.4. The predicted octanol–water partition coefficient (Wildman–Crippen LogP) is 4.09. The van der Waals surface area contributed by atoms with Crippen LogP contribution in [0.25, 0.3) is 0 Å². The number of hydrogen-bond donors (Lipinski definition) is 0. The summed E-state index contributed by atoms with van der Waals surface area (Å²) < 4.78 is 10.9. The van der Waals surface area contributed by atoms with E-state index in [0.717, 1.165) is 30.6 Å². The van der Waals surface area contributed by atoms with Gasteiger partial charge in [0.15, 0.2) is 0 Å². The van der Waals surface area contributed by atoms with E-state index >= 15 is 0 Å². The van der Waals surface area contributed by atoms with Crippen LogP contribution < -0.4 is 4.74 Å². The second-order valence-electron chi connectivity index (χ2n) is 8.05. The van der Waals surface area contributed by atoms with Crippen molar-refractivity contribution >= 4 is 11.9 Å². The molecule has 0 heterocycles. The molecule has 0 aromatic heterocycles. The highest BCUT2D eigenvalue weighted by Gasteiger charge is 2.48. The number of nitrogens with zero attached hydrogens (tertiary/aromatic N) is 1. The number of benzene rings is 1. The van der Waals surface area contributed by atoms with Crippen molar-refractivity contribution < 1.29 is 19.1 Å². The summed E-state index contributed by atoms with van der Waals surface area (Å²) in [7, 11) is 1.62. The minimum atomic E-state index is -0.878. The fourth-order valence-corrected chi connectivity index (χ4v) is 3.57. The average Bonchev–Trinajstić information content (AvgIpc) is 2.59. The molecular formula is C21H31NO4. The maximum Gasteiger partial charge on any atom is 0.332 e. The van der Waals surface area contributed by atoms with Crippen LogP contribution in [0.2, 0.25) is 0 Å². The van der Waals surface area contributed by atoms with Crippen molar-refractivity contribution in [1.29, 1.82) is 0 Å². The first kappa shape index (κ1) is 20.3. The Labute approximate surface area is 156 Å². The molecule has 0 N–H and O–H groups in total. The van der Waals surface area contributed by atoms with Crippen molar-refractivity contribution in [3.05, 3.63) is 29.8 Å². The van der Waals surface area contributed by atoms with E-state index in [0.29, 0.717) is 19.4 Å². The molecule has 1 fully saturated rings. The molecule has 5 nitrogen and oxygen atoms in total. The number of amides is 1. The molecule has 0 saturated heterocycles. The van der Waals surface area contributed by atoms with Gasteiger partial charge in [0, 0.05) is 13.5 Å². The lowest BCUT2D eigenvalue weighted by molar-refractivity contribution is -0.177. The summed E-state index contributed by atoms with van der Waals surface area (Å²) in [4.78, 5) is 27.4. The normalized spacial score (nSPS) is 16.7. The molecule has 0 aliphatic heterocycles. The lowest BCUT2D eigenvalue weighted by Gasteiger charge is -2.45. The fourth-order valence-electron chi connectivity index (χ4n) is 3.57. The van der Waals surface area contributed by atoms with Crippen LogP contribution in [-0.4, -0.2) is 35.0 Å². The second-order valence-corrected chi connectivity index (χ2v) is 8.05. The standard InChI is InChI=1S/C21H31NO4/c1-16(23)22(15-17-9-11-18(25-5)12-10-17)21(13-7-6-8-14-21)19(24)26-20(2,3)4/h9-12H,6-8,13-15H2,1-5H3. The van der Waals surface area contributed by atoms with Crippen LogP contribution in [0.3, 0.4) is 0 Å². The van der Waals surface area contributed by atoms with Crippen LogP contribution in [0, 0.1) is 0 Å². The molecular weight excluding hydrogens is 330 g/mol. The zero-order valence-corrected chi connectivity index (χ0v) is 16.6. The van der Waals surface area contributed by atoms with Crippen molar-refractivity contribution in [2.75, 3.05) is 7.11 Å². The van der Waals surface area contributed by atoms with Crippen molar-refractivity contribution in [3.63, 3.8) is 0 Å². The third kappa shape index (κ3) is 4.77. The molecule has 26 heavy (non-hydrogen) atoms. The highest BCUT2D eigenvalue weighted by atomic mass is 16.6. The summed E-state index contributed by atoms with van der Waals surface area (Å²) in [5.74, 6) is 0.379. The lowest BCUT2D eigenvalue weighted by Crippen LogP contribution is -2.58. The Kier molecular flexibility index (Phi) is 6.32. The number of esters is 1. The number of rotatable bonds is 5. The smallest absolute Gasteiger partial charge is 0.332 e. The number of carbonyl (C=O) groups excluding carboxylic acids is 2. The SMILES string of the molecule is COc1ccc(CN(C(C)=O)C2(C(=O)OC(C)(C)C)CCCCC2)cc1. The minimum Gasteiger partial charge on any atom is -0.497 e. The first-order chi connectivity index (χ1) is 12.2. The summed E-state index contributed by atoms with van der Waals surface area (Å²) >= 11 is 0. The van der Waals surface area contributed by atoms with Gasteiger partial charge in [-0.3, -0.25) is 4.79 Å². The molecule has 0 unspecified atom stereocenters. The van der Waals surface area contributed by atoms with Gasteiger partial charge in [-0.25, -0.2) is 4.79 Å². The van der Waals surface area contributed by atoms with Gasteiger partial charge in [-0.15, -0.1) is 0 Å². The molecule has 1 amide bonds. The topological polar surface area (TPSA) is 55.8 Å². The Hall–Kier alpha value is -2.04. The molecule has 5 heteroatoms. The molecule has 2 rings (SSSR count). The lowest BCUT2D eigenvalue weighted by atomic mass is 9.79. The number of methoxy groups -OCH3 is 1. The van der Waals surface area contributed by atoms with Crippen LogP contribution in [0.5, 0.6) is 5.75 Å². The number of carbonyl (C=O) groups is 2. The Morgan fingerprint density at radius 2 is 1.65 bits per heavy atom. The van der Waals surface area contributed by atoms with Crippen LogP contribution in [-0.2, 0) is 20.9 Å². The number of ether oxygens (including phenoxy) is 2. The summed E-state index contributed by atoms with van der Waals surface area (Å²) in [6.07, 6.45) is 4.23. The van der Waals surface area contributed by atoms with E-state index in [-0.39, 0.29) is 11.9 Å². The van der Waals surface area contributed by atoms with E-state index in [2.05, 4.69) is 0 Å². The molecule has 144 valence electrons. The Morgan fingerprint density at radius 1 is 1.08 bits per heavy atom. The van der Waals surface area contributed by atoms with Crippen LogP contribution in [0.4, 0.5) is 0 Å². The largest absolute Gasteiger partial charge is 0.497 e. The number of hydrogen-bond acceptors (Lipinski definition) is 4. The molecule has 1 aliphatic carbocycles. The first-order valence-corrected chi connectivity index (χ1v) is 9.32. The van der Waals surface area contributed by atoms with Crippen LogP contribution in [0.1, 0.15) is 65.4 Å². The molecule has 1 aromatic rings. The molecule has 1 saturated carbocycles. The van der Waals surface area contributed by atoms with Gasteiger partial charge < -0.3 is 14.4 Å². The molecule has 1 aromatic carbocycles.